The first kappa shape index (κ1) is 21.9. The van der Waals surface area contributed by atoms with E-state index in [1.54, 1.807) is 32.4 Å². The zero-order valence-electron chi connectivity index (χ0n) is 18.1. The van der Waals surface area contributed by atoms with Crippen LogP contribution in [0.3, 0.4) is 0 Å². The van der Waals surface area contributed by atoms with E-state index in [0.29, 0.717) is 11.5 Å². The van der Waals surface area contributed by atoms with Crippen molar-refractivity contribution >= 4 is 17.8 Å². The largest absolute Gasteiger partial charge is 0.497 e. The summed E-state index contributed by atoms with van der Waals surface area (Å²) in [5.41, 5.74) is 0.493. The number of methoxy groups -OCH3 is 2. The van der Waals surface area contributed by atoms with Crippen LogP contribution in [0.2, 0.25) is 0 Å². The molecule has 1 aromatic rings. The molecule has 3 rings (SSSR count). The minimum atomic E-state index is -0.561. The van der Waals surface area contributed by atoms with Gasteiger partial charge >= 0.3 is 6.03 Å². The van der Waals surface area contributed by atoms with Crippen molar-refractivity contribution in [1.29, 1.82) is 0 Å². The fourth-order valence-corrected chi connectivity index (χ4v) is 4.48. The van der Waals surface area contributed by atoms with Gasteiger partial charge in [-0.3, -0.25) is 14.5 Å². The van der Waals surface area contributed by atoms with Gasteiger partial charge in [0.25, 0.3) is 5.91 Å². The molecule has 2 fully saturated rings. The third kappa shape index (κ3) is 4.37. The quantitative estimate of drug-likeness (QED) is 0.665. The highest BCUT2D eigenvalue weighted by atomic mass is 16.5. The molecule has 30 heavy (non-hydrogen) atoms. The summed E-state index contributed by atoms with van der Waals surface area (Å²) in [7, 11) is 3.12. The number of hydrogen-bond acceptors (Lipinski definition) is 5. The normalized spacial score (nSPS) is 21.7. The van der Waals surface area contributed by atoms with Crippen molar-refractivity contribution in [3.8, 4) is 11.5 Å². The number of urea groups is 1. The van der Waals surface area contributed by atoms with Crippen LogP contribution in [0.5, 0.6) is 11.5 Å². The zero-order chi connectivity index (χ0) is 21.9. The smallest absolute Gasteiger partial charge is 0.325 e. The van der Waals surface area contributed by atoms with Crippen LogP contribution in [-0.4, -0.2) is 49.6 Å². The average molecular weight is 418 g/mol. The predicted molar refractivity (Wildman–Crippen MR) is 111 cm³/mol. The highest BCUT2D eigenvalue weighted by molar-refractivity contribution is 6.06. The minimum Gasteiger partial charge on any atom is -0.497 e. The van der Waals surface area contributed by atoms with Crippen molar-refractivity contribution in [2.75, 3.05) is 20.8 Å². The molecular weight excluding hydrogens is 386 g/mol. The minimum absolute atomic E-state index is 0.253. The lowest BCUT2D eigenvalue weighted by Crippen LogP contribution is -2.46. The first-order valence-corrected chi connectivity index (χ1v) is 10.4. The van der Waals surface area contributed by atoms with Crippen LogP contribution in [0.1, 0.15) is 57.6 Å². The van der Waals surface area contributed by atoms with E-state index in [0.717, 1.165) is 42.6 Å². The second kappa shape index (κ2) is 8.93. The molecule has 2 atom stereocenters. The van der Waals surface area contributed by atoms with E-state index in [4.69, 9.17) is 9.47 Å². The number of nitrogens with one attached hydrogen (secondary N) is 2. The maximum Gasteiger partial charge on any atom is 0.325 e. The molecule has 0 radical (unpaired) electrons. The molecule has 8 nitrogen and oxygen atoms in total. The molecule has 0 unspecified atom stereocenters. The van der Waals surface area contributed by atoms with E-state index in [-0.39, 0.29) is 17.9 Å². The first-order chi connectivity index (χ1) is 14.3. The second-order valence-corrected chi connectivity index (χ2v) is 8.42. The lowest BCUT2D eigenvalue weighted by molar-refractivity contribution is -0.134. The van der Waals surface area contributed by atoms with E-state index in [1.807, 2.05) is 6.92 Å². The first-order valence-electron chi connectivity index (χ1n) is 10.4. The second-order valence-electron chi connectivity index (χ2n) is 8.42. The molecular formula is C22H31N3O5. The summed E-state index contributed by atoms with van der Waals surface area (Å²) in [6.45, 7) is 3.55. The summed E-state index contributed by atoms with van der Waals surface area (Å²) < 4.78 is 10.6. The van der Waals surface area contributed by atoms with Crippen LogP contribution < -0.4 is 20.1 Å². The Kier molecular flexibility index (Phi) is 6.53. The van der Waals surface area contributed by atoms with Crippen molar-refractivity contribution in [2.24, 2.45) is 5.41 Å². The van der Waals surface area contributed by atoms with Crippen LogP contribution in [0.25, 0.3) is 0 Å². The van der Waals surface area contributed by atoms with E-state index in [2.05, 4.69) is 17.6 Å². The van der Waals surface area contributed by atoms with E-state index in [1.165, 1.54) is 0 Å². The molecule has 1 aliphatic carbocycles. The van der Waals surface area contributed by atoms with E-state index < -0.39 is 24.0 Å². The van der Waals surface area contributed by atoms with Gasteiger partial charge in [0.15, 0.2) is 0 Å². The maximum absolute atomic E-state index is 12.9. The Morgan fingerprint density at radius 2 is 1.93 bits per heavy atom. The molecule has 0 spiro atoms. The summed E-state index contributed by atoms with van der Waals surface area (Å²) in [6, 6.07) is 3.87. The van der Waals surface area contributed by atoms with Crippen molar-refractivity contribution in [2.45, 2.75) is 58.0 Å². The average Bonchev–Trinajstić information content (AvgIpc) is 3.02. The van der Waals surface area contributed by atoms with Gasteiger partial charge in [-0.05, 0) is 43.4 Å². The van der Waals surface area contributed by atoms with Crippen LogP contribution >= 0.6 is 0 Å². The van der Waals surface area contributed by atoms with Gasteiger partial charge in [0.05, 0.1) is 20.3 Å². The third-order valence-electron chi connectivity index (χ3n) is 6.30. The number of rotatable bonds is 7. The molecule has 1 aliphatic heterocycles. The fourth-order valence-electron chi connectivity index (χ4n) is 4.48. The van der Waals surface area contributed by atoms with Gasteiger partial charge < -0.3 is 20.1 Å². The van der Waals surface area contributed by atoms with Crippen LogP contribution in [0.4, 0.5) is 4.79 Å². The number of ether oxygens (including phenoxy) is 2. The van der Waals surface area contributed by atoms with Gasteiger partial charge in [-0.15, -0.1) is 0 Å². The molecule has 4 amide bonds. The molecule has 0 aromatic heterocycles. The Morgan fingerprint density at radius 1 is 1.23 bits per heavy atom. The maximum atomic E-state index is 12.9. The molecule has 164 valence electrons. The number of carbonyl (C=O) groups is 3. The summed E-state index contributed by atoms with van der Waals surface area (Å²) in [4.78, 5) is 39.0. The number of amides is 4. The Labute approximate surface area is 177 Å². The van der Waals surface area contributed by atoms with Crippen LogP contribution in [0.15, 0.2) is 18.2 Å². The van der Waals surface area contributed by atoms with Gasteiger partial charge in [-0.25, -0.2) is 4.79 Å². The number of nitrogens with zero attached hydrogens (tertiary/aromatic N) is 1. The highest BCUT2D eigenvalue weighted by Gasteiger charge is 2.49. The molecule has 0 bridgehead atoms. The molecule has 8 heteroatoms. The molecule has 2 N–H and O–H groups in total. The summed E-state index contributed by atoms with van der Waals surface area (Å²) in [5.74, 6) is 0.532. The lowest BCUT2D eigenvalue weighted by Gasteiger charge is -2.37. The molecule has 1 heterocycles. The SMILES string of the molecule is COc1ccc(OC)c([C@H](C)NC(=O)CN2C(=O)N[C@H](C3(C)CCCCC3)C2=O)c1. The van der Waals surface area contributed by atoms with Crippen molar-refractivity contribution in [3.63, 3.8) is 0 Å². The van der Waals surface area contributed by atoms with Gasteiger partial charge in [0.2, 0.25) is 5.91 Å². The summed E-state index contributed by atoms with van der Waals surface area (Å²) in [5, 5.41) is 5.65. The van der Waals surface area contributed by atoms with Crippen molar-refractivity contribution in [1.82, 2.24) is 15.5 Å². The molecule has 1 saturated heterocycles. The van der Waals surface area contributed by atoms with Crippen LogP contribution in [0, 0.1) is 5.41 Å². The summed E-state index contributed by atoms with van der Waals surface area (Å²) in [6.07, 6.45) is 5.06. The molecule has 1 aromatic carbocycles. The standard InChI is InChI=1S/C22H31N3O5/c1-14(16-12-15(29-3)8-9-17(16)30-4)23-18(26)13-25-20(27)19(24-21(25)28)22(2)10-6-5-7-11-22/h8-9,12,14,19H,5-7,10-11,13H2,1-4H3,(H,23,26)(H,24,28)/t14-,19-/m0/s1. The van der Waals surface area contributed by atoms with Crippen LogP contribution in [-0.2, 0) is 9.59 Å². The Bertz CT molecular complexity index is 819. The number of carbonyl (C=O) groups excluding carboxylic acids is 3. The zero-order valence-corrected chi connectivity index (χ0v) is 18.1. The van der Waals surface area contributed by atoms with Crippen molar-refractivity contribution in [3.05, 3.63) is 23.8 Å². The molecule has 2 aliphatic rings. The van der Waals surface area contributed by atoms with Gasteiger partial charge in [0.1, 0.15) is 24.1 Å². The fraction of sp³-hybridized carbons (Fsp3) is 0.591. The highest BCUT2D eigenvalue weighted by Crippen LogP contribution is 2.40. The van der Waals surface area contributed by atoms with Gasteiger partial charge in [-0.1, -0.05) is 26.2 Å². The number of hydrogen-bond donors (Lipinski definition) is 2. The Morgan fingerprint density at radius 3 is 2.57 bits per heavy atom. The Balaban J connectivity index is 1.66. The predicted octanol–water partition coefficient (Wildman–Crippen LogP) is 2.77. The van der Waals surface area contributed by atoms with Gasteiger partial charge in [-0.2, -0.15) is 0 Å². The van der Waals surface area contributed by atoms with E-state index >= 15 is 0 Å². The summed E-state index contributed by atoms with van der Waals surface area (Å²) >= 11 is 0. The lowest BCUT2D eigenvalue weighted by atomic mass is 9.70. The van der Waals surface area contributed by atoms with Crippen molar-refractivity contribution < 1.29 is 23.9 Å². The third-order valence-corrected chi connectivity index (χ3v) is 6.30. The Hall–Kier alpha value is -2.77. The van der Waals surface area contributed by atoms with Gasteiger partial charge in [0, 0.05) is 5.56 Å². The molecule has 1 saturated carbocycles. The van der Waals surface area contributed by atoms with E-state index in [9.17, 15) is 14.4 Å². The number of benzene rings is 1. The topological polar surface area (TPSA) is 97.0 Å². The monoisotopic (exact) mass is 417 g/mol. The number of imide groups is 1.